The molecule has 84 valence electrons. The predicted octanol–water partition coefficient (Wildman–Crippen LogP) is 2.33. The van der Waals surface area contributed by atoms with Crippen LogP contribution in [0, 0.1) is 5.82 Å². The van der Waals surface area contributed by atoms with E-state index in [1.807, 2.05) is 0 Å². The highest BCUT2D eigenvalue weighted by Crippen LogP contribution is 2.20. The van der Waals surface area contributed by atoms with Gasteiger partial charge < -0.3 is 5.32 Å². The molecule has 0 atom stereocenters. The van der Waals surface area contributed by atoms with E-state index in [9.17, 15) is 4.39 Å². The topological polar surface area (TPSA) is 42.7 Å². The van der Waals surface area contributed by atoms with Gasteiger partial charge in [-0.05, 0) is 18.2 Å². The Balaban J connectivity index is 2.10. The number of nitrogens with one attached hydrogen (secondary N) is 1. The molecule has 0 saturated heterocycles. The van der Waals surface area contributed by atoms with Crippen molar-refractivity contribution in [2.45, 2.75) is 6.54 Å². The zero-order valence-corrected chi connectivity index (χ0v) is 10.2. The monoisotopic (exact) mass is 284 g/mol. The first-order valence-corrected chi connectivity index (χ1v) is 5.48. The van der Waals surface area contributed by atoms with Gasteiger partial charge in [0.25, 0.3) is 0 Å². The molecular weight excluding hydrogens is 275 g/mol. The molecule has 0 saturated carbocycles. The van der Waals surface area contributed by atoms with Crippen molar-refractivity contribution in [3.05, 3.63) is 40.4 Å². The lowest BCUT2D eigenvalue weighted by molar-refractivity contribution is 0.628. The highest BCUT2D eigenvalue weighted by atomic mass is 79.9. The van der Waals surface area contributed by atoms with Crippen LogP contribution in [0.25, 0.3) is 0 Å². The van der Waals surface area contributed by atoms with E-state index >= 15 is 0 Å². The quantitative estimate of drug-likeness (QED) is 0.941. The Morgan fingerprint density at radius 1 is 1.50 bits per heavy atom. The summed E-state index contributed by atoms with van der Waals surface area (Å²) in [5.41, 5.74) is 1.34. The van der Waals surface area contributed by atoms with E-state index in [1.54, 1.807) is 30.1 Å². The highest BCUT2D eigenvalue weighted by Gasteiger charge is 2.04. The Labute approximate surface area is 101 Å². The number of halogens is 2. The Kier molecular flexibility index (Phi) is 3.19. The number of hydrogen-bond acceptors (Lipinski definition) is 3. The van der Waals surface area contributed by atoms with Crippen LogP contribution in [-0.4, -0.2) is 15.0 Å². The molecular formula is C10H10BrFN4. The maximum atomic E-state index is 13.4. The number of aromatic nitrogens is 3. The zero-order chi connectivity index (χ0) is 11.5. The molecule has 0 aliphatic heterocycles. The van der Waals surface area contributed by atoms with Crippen molar-refractivity contribution in [3.8, 4) is 0 Å². The summed E-state index contributed by atoms with van der Waals surface area (Å²) < 4.78 is 15.9. The van der Waals surface area contributed by atoms with Crippen molar-refractivity contribution in [2.75, 3.05) is 5.32 Å². The number of benzene rings is 1. The van der Waals surface area contributed by atoms with E-state index in [4.69, 9.17) is 0 Å². The van der Waals surface area contributed by atoms with Gasteiger partial charge in [-0.3, -0.25) is 4.68 Å². The summed E-state index contributed by atoms with van der Waals surface area (Å²) in [5, 5.41) is 10.5. The maximum Gasteiger partial charge on any atom is 0.146 e. The first kappa shape index (κ1) is 11.1. The molecule has 0 aliphatic carbocycles. The van der Waals surface area contributed by atoms with Crippen LogP contribution in [-0.2, 0) is 13.6 Å². The average Bonchev–Trinajstić information content (AvgIpc) is 2.66. The number of anilines is 1. The summed E-state index contributed by atoms with van der Waals surface area (Å²) in [6.07, 6.45) is 1.64. The molecule has 4 nitrogen and oxygen atoms in total. The molecule has 0 unspecified atom stereocenters. The van der Waals surface area contributed by atoms with Crippen LogP contribution in [0.1, 0.15) is 5.69 Å². The third-order valence-electron chi connectivity index (χ3n) is 2.20. The van der Waals surface area contributed by atoms with Gasteiger partial charge in [0.15, 0.2) is 0 Å². The normalized spacial score (nSPS) is 10.4. The van der Waals surface area contributed by atoms with Crippen LogP contribution in [0.15, 0.2) is 28.9 Å². The smallest absolute Gasteiger partial charge is 0.146 e. The summed E-state index contributed by atoms with van der Waals surface area (Å²) >= 11 is 3.29. The van der Waals surface area contributed by atoms with E-state index in [-0.39, 0.29) is 5.82 Å². The lowest BCUT2D eigenvalue weighted by atomic mass is 10.3. The first-order chi connectivity index (χ1) is 7.66. The molecule has 1 heterocycles. The molecule has 0 aliphatic rings. The third-order valence-corrected chi connectivity index (χ3v) is 2.69. The minimum atomic E-state index is -0.279. The van der Waals surface area contributed by atoms with E-state index in [1.165, 1.54) is 6.07 Å². The fourth-order valence-corrected chi connectivity index (χ4v) is 1.65. The van der Waals surface area contributed by atoms with Gasteiger partial charge in [0, 0.05) is 11.5 Å². The van der Waals surface area contributed by atoms with Crippen LogP contribution in [0.3, 0.4) is 0 Å². The second kappa shape index (κ2) is 4.61. The van der Waals surface area contributed by atoms with Crippen LogP contribution >= 0.6 is 15.9 Å². The molecule has 1 aromatic heterocycles. The summed E-state index contributed by atoms with van der Waals surface area (Å²) in [5.74, 6) is -0.279. The van der Waals surface area contributed by atoms with Crippen molar-refractivity contribution < 1.29 is 4.39 Å². The standard InChI is InChI=1S/C10H10BrFN4/c1-16-8(6-14-15-16)5-13-10-4-7(11)2-3-9(10)12/h2-4,6,13H,5H2,1H3. The number of aryl methyl sites for hydroxylation is 1. The Hall–Kier alpha value is -1.43. The zero-order valence-electron chi connectivity index (χ0n) is 8.61. The Morgan fingerprint density at radius 2 is 2.31 bits per heavy atom. The fraction of sp³-hybridized carbons (Fsp3) is 0.200. The lowest BCUT2D eigenvalue weighted by Crippen LogP contribution is -2.06. The van der Waals surface area contributed by atoms with Crippen molar-refractivity contribution in [2.24, 2.45) is 7.05 Å². The molecule has 1 N–H and O–H groups in total. The van der Waals surface area contributed by atoms with E-state index < -0.39 is 0 Å². The molecule has 0 spiro atoms. The van der Waals surface area contributed by atoms with Crippen molar-refractivity contribution in [1.82, 2.24) is 15.0 Å². The first-order valence-electron chi connectivity index (χ1n) is 4.69. The van der Waals surface area contributed by atoms with Crippen molar-refractivity contribution in [1.29, 1.82) is 0 Å². The lowest BCUT2D eigenvalue weighted by Gasteiger charge is -2.07. The largest absolute Gasteiger partial charge is 0.377 e. The van der Waals surface area contributed by atoms with E-state index in [0.717, 1.165) is 10.2 Å². The SMILES string of the molecule is Cn1nncc1CNc1cc(Br)ccc1F. The molecule has 2 aromatic rings. The van der Waals surface area contributed by atoms with Gasteiger partial charge in [-0.2, -0.15) is 0 Å². The number of rotatable bonds is 3. The summed E-state index contributed by atoms with van der Waals surface area (Å²) in [6.45, 7) is 0.483. The number of nitrogens with zero attached hydrogens (tertiary/aromatic N) is 3. The van der Waals surface area contributed by atoms with Gasteiger partial charge in [0.1, 0.15) is 5.82 Å². The summed E-state index contributed by atoms with van der Waals surface area (Å²) in [6, 6.07) is 4.76. The molecule has 2 rings (SSSR count). The van der Waals surface area contributed by atoms with Crippen molar-refractivity contribution >= 4 is 21.6 Å². The highest BCUT2D eigenvalue weighted by molar-refractivity contribution is 9.10. The Bertz CT molecular complexity index is 497. The van der Waals surface area contributed by atoms with Gasteiger partial charge in [0.05, 0.1) is 24.1 Å². The number of hydrogen-bond donors (Lipinski definition) is 1. The van der Waals surface area contributed by atoms with E-state index in [0.29, 0.717) is 12.2 Å². The minimum absolute atomic E-state index is 0.279. The van der Waals surface area contributed by atoms with Crippen molar-refractivity contribution in [3.63, 3.8) is 0 Å². The third kappa shape index (κ3) is 2.38. The van der Waals surface area contributed by atoms with Gasteiger partial charge in [0.2, 0.25) is 0 Å². The molecule has 0 fully saturated rings. The fourth-order valence-electron chi connectivity index (χ4n) is 1.29. The molecule has 1 aromatic carbocycles. The van der Waals surface area contributed by atoms with Crippen LogP contribution < -0.4 is 5.32 Å². The molecule has 6 heteroatoms. The molecule has 0 bridgehead atoms. The minimum Gasteiger partial charge on any atom is -0.377 e. The van der Waals surface area contributed by atoms with Gasteiger partial charge >= 0.3 is 0 Å². The van der Waals surface area contributed by atoms with Crippen LogP contribution in [0.5, 0.6) is 0 Å². The van der Waals surface area contributed by atoms with Gasteiger partial charge in [-0.1, -0.05) is 21.1 Å². The predicted molar refractivity (Wildman–Crippen MR) is 62.4 cm³/mol. The van der Waals surface area contributed by atoms with E-state index in [2.05, 4.69) is 31.6 Å². The second-order valence-electron chi connectivity index (χ2n) is 3.33. The van der Waals surface area contributed by atoms with Gasteiger partial charge in [-0.15, -0.1) is 5.10 Å². The molecule has 16 heavy (non-hydrogen) atoms. The summed E-state index contributed by atoms with van der Waals surface area (Å²) in [4.78, 5) is 0. The average molecular weight is 285 g/mol. The Morgan fingerprint density at radius 3 is 3.00 bits per heavy atom. The molecule has 0 amide bonds. The van der Waals surface area contributed by atoms with Crippen LogP contribution in [0.2, 0.25) is 0 Å². The second-order valence-corrected chi connectivity index (χ2v) is 4.24. The van der Waals surface area contributed by atoms with Crippen LogP contribution in [0.4, 0.5) is 10.1 Å². The molecule has 0 radical (unpaired) electrons. The maximum absolute atomic E-state index is 13.4. The van der Waals surface area contributed by atoms with Gasteiger partial charge in [-0.25, -0.2) is 4.39 Å². The summed E-state index contributed by atoms with van der Waals surface area (Å²) in [7, 11) is 1.79.